The summed E-state index contributed by atoms with van der Waals surface area (Å²) in [6.45, 7) is 7.96. The fraction of sp³-hybridized carbons (Fsp3) is 1.00. The molecule has 0 aromatic carbocycles. The highest BCUT2D eigenvalue weighted by atomic mass is 16.3. The summed E-state index contributed by atoms with van der Waals surface area (Å²) in [5, 5.41) is 13.0. The lowest BCUT2D eigenvalue weighted by Gasteiger charge is -2.24. The lowest BCUT2D eigenvalue weighted by atomic mass is 10.2. The van der Waals surface area contributed by atoms with Gasteiger partial charge in [0.1, 0.15) is 0 Å². The van der Waals surface area contributed by atoms with Gasteiger partial charge in [-0.15, -0.1) is 0 Å². The molecule has 1 unspecified atom stereocenters. The van der Waals surface area contributed by atoms with Crippen molar-refractivity contribution < 1.29 is 5.11 Å². The van der Waals surface area contributed by atoms with Crippen molar-refractivity contribution in [3.63, 3.8) is 0 Å². The van der Waals surface area contributed by atoms with Crippen molar-refractivity contribution in [2.45, 2.75) is 51.7 Å². The van der Waals surface area contributed by atoms with E-state index >= 15 is 0 Å². The highest BCUT2D eigenvalue weighted by Crippen LogP contribution is 2.27. The van der Waals surface area contributed by atoms with E-state index in [9.17, 15) is 5.11 Å². The van der Waals surface area contributed by atoms with Crippen molar-refractivity contribution in [3.05, 3.63) is 0 Å². The molecule has 0 radical (unpaired) electrons. The topological polar surface area (TPSA) is 35.5 Å². The molecule has 1 aliphatic carbocycles. The van der Waals surface area contributed by atoms with Gasteiger partial charge in [-0.25, -0.2) is 0 Å². The normalized spacial score (nSPS) is 18.4. The van der Waals surface area contributed by atoms with E-state index in [0.717, 1.165) is 32.2 Å². The molecule has 0 aromatic heterocycles. The van der Waals surface area contributed by atoms with Crippen molar-refractivity contribution >= 4 is 0 Å². The van der Waals surface area contributed by atoms with Crippen LogP contribution in [-0.2, 0) is 0 Å². The second-order valence-electron chi connectivity index (χ2n) is 4.54. The minimum atomic E-state index is -0.206. The van der Waals surface area contributed by atoms with Gasteiger partial charge in [-0.1, -0.05) is 20.3 Å². The molecule has 2 N–H and O–H groups in total. The van der Waals surface area contributed by atoms with Crippen LogP contribution in [0.25, 0.3) is 0 Å². The zero-order valence-electron chi connectivity index (χ0n) is 10.2. The maximum atomic E-state index is 9.82. The Labute approximate surface area is 93.9 Å². The number of rotatable bonds is 9. The molecular formula is C12H26N2O. The van der Waals surface area contributed by atoms with Gasteiger partial charge in [-0.2, -0.15) is 0 Å². The number of unbranched alkanes of at least 4 members (excludes halogenated alkanes) is 1. The molecule has 1 saturated carbocycles. The van der Waals surface area contributed by atoms with E-state index in [4.69, 9.17) is 0 Å². The van der Waals surface area contributed by atoms with Crippen LogP contribution in [0.4, 0.5) is 0 Å². The van der Waals surface area contributed by atoms with Crippen molar-refractivity contribution in [2.24, 2.45) is 0 Å². The highest BCUT2D eigenvalue weighted by molar-refractivity contribution is 4.85. The monoisotopic (exact) mass is 214 g/mol. The quantitative estimate of drug-likeness (QED) is 0.606. The van der Waals surface area contributed by atoms with Crippen LogP contribution < -0.4 is 5.32 Å². The molecule has 90 valence electrons. The number of hydrogen-bond acceptors (Lipinski definition) is 3. The molecule has 0 bridgehead atoms. The Morgan fingerprint density at radius 1 is 1.40 bits per heavy atom. The van der Waals surface area contributed by atoms with E-state index < -0.39 is 0 Å². The average molecular weight is 214 g/mol. The Hall–Kier alpha value is -0.120. The summed E-state index contributed by atoms with van der Waals surface area (Å²) in [6, 6.07) is 0.771. The first-order chi connectivity index (χ1) is 7.27. The summed E-state index contributed by atoms with van der Waals surface area (Å²) in [5.41, 5.74) is 0. The van der Waals surface area contributed by atoms with Crippen LogP contribution in [0.1, 0.15) is 39.5 Å². The first kappa shape index (κ1) is 12.9. The first-order valence-electron chi connectivity index (χ1n) is 6.40. The summed E-state index contributed by atoms with van der Waals surface area (Å²) in [7, 11) is 0. The van der Waals surface area contributed by atoms with Crippen molar-refractivity contribution in [2.75, 3.05) is 26.2 Å². The molecule has 0 aromatic rings. The van der Waals surface area contributed by atoms with Crippen molar-refractivity contribution in [3.8, 4) is 0 Å². The molecule has 0 aliphatic heterocycles. The summed E-state index contributed by atoms with van der Waals surface area (Å²) in [5.74, 6) is 0. The van der Waals surface area contributed by atoms with Gasteiger partial charge in [-0.05, 0) is 32.4 Å². The van der Waals surface area contributed by atoms with Gasteiger partial charge in [0.05, 0.1) is 6.10 Å². The third-order valence-electron chi connectivity index (χ3n) is 2.94. The fourth-order valence-electron chi connectivity index (χ4n) is 1.87. The Morgan fingerprint density at radius 3 is 2.67 bits per heavy atom. The molecule has 0 saturated heterocycles. The third kappa shape index (κ3) is 5.50. The largest absolute Gasteiger partial charge is 0.390 e. The van der Waals surface area contributed by atoms with Crippen molar-refractivity contribution in [1.82, 2.24) is 10.2 Å². The number of nitrogens with one attached hydrogen (secondary N) is 1. The minimum absolute atomic E-state index is 0.206. The second kappa shape index (κ2) is 7.20. The standard InChI is InChI=1S/C12H26N2O/c1-3-5-8-14(11-6-7-11)10-12(15)9-13-4-2/h11-13,15H,3-10H2,1-2H3. The summed E-state index contributed by atoms with van der Waals surface area (Å²) in [6.07, 6.45) is 4.95. The minimum Gasteiger partial charge on any atom is -0.390 e. The number of hydrogen-bond donors (Lipinski definition) is 2. The van der Waals surface area contributed by atoms with Crippen LogP contribution in [0.15, 0.2) is 0 Å². The Balaban J connectivity index is 2.17. The third-order valence-corrected chi connectivity index (χ3v) is 2.94. The Bertz CT molecular complexity index is 160. The Kier molecular flexibility index (Phi) is 6.22. The molecule has 0 amide bonds. The van der Waals surface area contributed by atoms with Gasteiger partial charge < -0.3 is 10.4 Å². The molecule has 1 atom stereocenters. The molecule has 0 heterocycles. The molecule has 1 fully saturated rings. The maximum Gasteiger partial charge on any atom is 0.0791 e. The number of aliphatic hydroxyl groups is 1. The van der Waals surface area contributed by atoms with Gasteiger partial charge >= 0.3 is 0 Å². The predicted octanol–water partition coefficient (Wildman–Crippen LogP) is 1.22. The van der Waals surface area contributed by atoms with Crippen LogP contribution in [-0.4, -0.2) is 48.3 Å². The second-order valence-corrected chi connectivity index (χ2v) is 4.54. The van der Waals surface area contributed by atoms with E-state index in [-0.39, 0.29) is 6.10 Å². The smallest absolute Gasteiger partial charge is 0.0791 e. The summed E-state index contributed by atoms with van der Waals surface area (Å²) < 4.78 is 0. The van der Waals surface area contributed by atoms with Crippen LogP contribution in [0.3, 0.4) is 0 Å². The fourth-order valence-corrected chi connectivity index (χ4v) is 1.87. The van der Waals surface area contributed by atoms with Gasteiger partial charge in [0.25, 0.3) is 0 Å². The predicted molar refractivity (Wildman–Crippen MR) is 64.1 cm³/mol. The number of nitrogens with zero attached hydrogens (tertiary/aromatic N) is 1. The zero-order chi connectivity index (χ0) is 11.1. The van der Waals surface area contributed by atoms with Gasteiger partial charge in [0.2, 0.25) is 0 Å². The highest BCUT2D eigenvalue weighted by Gasteiger charge is 2.29. The van der Waals surface area contributed by atoms with E-state index in [1.165, 1.54) is 25.7 Å². The molecule has 1 rings (SSSR count). The van der Waals surface area contributed by atoms with Crippen molar-refractivity contribution in [1.29, 1.82) is 0 Å². The lowest BCUT2D eigenvalue weighted by molar-refractivity contribution is 0.106. The first-order valence-corrected chi connectivity index (χ1v) is 6.40. The van der Waals surface area contributed by atoms with Gasteiger partial charge in [0.15, 0.2) is 0 Å². The maximum absolute atomic E-state index is 9.82. The average Bonchev–Trinajstić information content (AvgIpc) is 3.04. The molecule has 15 heavy (non-hydrogen) atoms. The van der Waals surface area contributed by atoms with Crippen LogP contribution >= 0.6 is 0 Å². The molecule has 3 heteroatoms. The summed E-state index contributed by atoms with van der Waals surface area (Å²) >= 11 is 0. The van der Waals surface area contributed by atoms with Crippen LogP contribution in [0.5, 0.6) is 0 Å². The molecule has 0 spiro atoms. The Morgan fingerprint density at radius 2 is 2.13 bits per heavy atom. The van der Waals surface area contributed by atoms with Crippen LogP contribution in [0, 0.1) is 0 Å². The van der Waals surface area contributed by atoms with Gasteiger partial charge in [-0.3, -0.25) is 4.90 Å². The zero-order valence-corrected chi connectivity index (χ0v) is 10.2. The van der Waals surface area contributed by atoms with E-state index in [1.807, 2.05) is 0 Å². The molecule has 3 nitrogen and oxygen atoms in total. The molecule has 1 aliphatic rings. The van der Waals surface area contributed by atoms with Gasteiger partial charge in [0, 0.05) is 19.1 Å². The lowest BCUT2D eigenvalue weighted by Crippen LogP contribution is -2.39. The number of aliphatic hydroxyl groups excluding tert-OH is 1. The molecular weight excluding hydrogens is 188 g/mol. The SMILES string of the molecule is CCCCN(CC(O)CNCC)C1CC1. The van der Waals surface area contributed by atoms with E-state index in [0.29, 0.717) is 0 Å². The summed E-state index contributed by atoms with van der Waals surface area (Å²) in [4.78, 5) is 2.46. The number of likely N-dealkylation sites (N-methyl/N-ethyl adjacent to an activating group) is 1. The van der Waals surface area contributed by atoms with E-state index in [2.05, 4.69) is 24.1 Å². The van der Waals surface area contributed by atoms with E-state index in [1.54, 1.807) is 0 Å². The van der Waals surface area contributed by atoms with Crippen LogP contribution in [0.2, 0.25) is 0 Å².